The SMILES string of the molecule is C=C(CNCC1(O)CCOCC1)C(=O)OCC. The Morgan fingerprint density at radius 1 is 1.53 bits per heavy atom. The molecule has 1 heterocycles. The molecule has 17 heavy (non-hydrogen) atoms. The van der Waals surface area contributed by atoms with Crippen LogP contribution in [0.2, 0.25) is 0 Å². The van der Waals surface area contributed by atoms with E-state index in [0.717, 1.165) is 0 Å². The maximum atomic E-state index is 11.3. The molecule has 0 radical (unpaired) electrons. The van der Waals surface area contributed by atoms with Crippen molar-refractivity contribution in [2.75, 3.05) is 32.9 Å². The molecule has 1 aliphatic rings. The Hall–Kier alpha value is -0.910. The van der Waals surface area contributed by atoms with Gasteiger partial charge in [0.2, 0.25) is 0 Å². The van der Waals surface area contributed by atoms with Crippen molar-refractivity contribution in [1.82, 2.24) is 5.32 Å². The van der Waals surface area contributed by atoms with E-state index in [1.54, 1.807) is 6.92 Å². The fourth-order valence-corrected chi connectivity index (χ4v) is 1.68. The van der Waals surface area contributed by atoms with Crippen LogP contribution in [0.15, 0.2) is 12.2 Å². The molecule has 0 spiro atoms. The second-order valence-electron chi connectivity index (χ2n) is 4.26. The van der Waals surface area contributed by atoms with E-state index < -0.39 is 5.60 Å². The normalized spacial score (nSPS) is 18.7. The van der Waals surface area contributed by atoms with E-state index in [0.29, 0.717) is 51.3 Å². The molecule has 2 N–H and O–H groups in total. The lowest BCUT2D eigenvalue weighted by molar-refractivity contribution is -0.138. The summed E-state index contributed by atoms with van der Waals surface area (Å²) in [5.74, 6) is -0.390. The first-order valence-electron chi connectivity index (χ1n) is 5.93. The molecular formula is C12H21NO4. The van der Waals surface area contributed by atoms with E-state index in [2.05, 4.69) is 11.9 Å². The molecule has 0 aromatic rings. The van der Waals surface area contributed by atoms with E-state index in [1.807, 2.05) is 0 Å². The van der Waals surface area contributed by atoms with Crippen molar-refractivity contribution < 1.29 is 19.4 Å². The minimum absolute atomic E-state index is 0.335. The molecule has 0 aromatic heterocycles. The van der Waals surface area contributed by atoms with Crippen molar-refractivity contribution in [3.8, 4) is 0 Å². The zero-order chi connectivity index (χ0) is 12.7. The molecule has 1 saturated heterocycles. The summed E-state index contributed by atoms with van der Waals surface area (Å²) >= 11 is 0. The second-order valence-corrected chi connectivity index (χ2v) is 4.26. The molecule has 0 aliphatic carbocycles. The van der Waals surface area contributed by atoms with Gasteiger partial charge in [0.05, 0.1) is 12.2 Å². The van der Waals surface area contributed by atoms with Crippen LogP contribution in [0.3, 0.4) is 0 Å². The number of nitrogens with one attached hydrogen (secondary N) is 1. The molecule has 0 aromatic carbocycles. The van der Waals surface area contributed by atoms with Crippen molar-refractivity contribution in [2.24, 2.45) is 0 Å². The van der Waals surface area contributed by atoms with Crippen LogP contribution in [0, 0.1) is 0 Å². The van der Waals surface area contributed by atoms with Gasteiger partial charge >= 0.3 is 5.97 Å². The van der Waals surface area contributed by atoms with Crippen LogP contribution in [0.5, 0.6) is 0 Å². The highest BCUT2D eigenvalue weighted by atomic mass is 16.5. The summed E-state index contributed by atoms with van der Waals surface area (Å²) in [6.07, 6.45) is 1.23. The number of ether oxygens (including phenoxy) is 2. The summed E-state index contributed by atoms with van der Waals surface area (Å²) in [6, 6.07) is 0. The van der Waals surface area contributed by atoms with Crippen molar-refractivity contribution in [2.45, 2.75) is 25.4 Å². The minimum atomic E-state index is -0.729. The lowest BCUT2D eigenvalue weighted by Gasteiger charge is -2.32. The van der Waals surface area contributed by atoms with Crippen LogP contribution in [-0.2, 0) is 14.3 Å². The third kappa shape index (κ3) is 4.85. The summed E-state index contributed by atoms with van der Waals surface area (Å²) in [5.41, 5.74) is -0.352. The standard InChI is InChI=1S/C12H21NO4/c1-3-17-11(14)10(2)8-13-9-12(15)4-6-16-7-5-12/h13,15H,2-9H2,1H3. The number of aliphatic hydroxyl groups is 1. The zero-order valence-electron chi connectivity index (χ0n) is 10.3. The quantitative estimate of drug-likeness (QED) is 0.516. The maximum Gasteiger partial charge on any atom is 0.334 e. The topological polar surface area (TPSA) is 67.8 Å². The summed E-state index contributed by atoms with van der Waals surface area (Å²) in [6.45, 7) is 7.67. The zero-order valence-corrected chi connectivity index (χ0v) is 10.3. The van der Waals surface area contributed by atoms with Gasteiger partial charge in [0.1, 0.15) is 0 Å². The van der Waals surface area contributed by atoms with E-state index in [1.165, 1.54) is 0 Å². The highest BCUT2D eigenvalue weighted by Gasteiger charge is 2.29. The molecule has 1 aliphatic heterocycles. The molecule has 98 valence electrons. The molecule has 0 bridgehead atoms. The summed E-state index contributed by atoms with van der Waals surface area (Å²) in [7, 11) is 0. The van der Waals surface area contributed by atoms with Crippen LogP contribution in [0.4, 0.5) is 0 Å². The first-order valence-corrected chi connectivity index (χ1v) is 5.93. The van der Waals surface area contributed by atoms with Crippen LogP contribution < -0.4 is 5.32 Å². The van der Waals surface area contributed by atoms with Gasteiger partial charge in [0.15, 0.2) is 0 Å². The van der Waals surface area contributed by atoms with Gasteiger partial charge in [0, 0.05) is 44.7 Å². The second kappa shape index (κ2) is 6.74. The smallest absolute Gasteiger partial charge is 0.334 e. The number of rotatable bonds is 6. The highest BCUT2D eigenvalue weighted by Crippen LogP contribution is 2.19. The predicted molar refractivity (Wildman–Crippen MR) is 63.6 cm³/mol. The number of carbonyl (C=O) groups is 1. The minimum Gasteiger partial charge on any atom is -0.463 e. The molecule has 1 rings (SSSR count). The van der Waals surface area contributed by atoms with Gasteiger partial charge in [-0.15, -0.1) is 0 Å². The molecule has 5 heteroatoms. The van der Waals surface area contributed by atoms with Crippen LogP contribution >= 0.6 is 0 Å². The monoisotopic (exact) mass is 243 g/mol. The Morgan fingerprint density at radius 2 is 2.18 bits per heavy atom. The highest BCUT2D eigenvalue weighted by molar-refractivity contribution is 5.88. The number of esters is 1. The first-order chi connectivity index (χ1) is 8.07. The van der Waals surface area contributed by atoms with Gasteiger partial charge in [0.25, 0.3) is 0 Å². The van der Waals surface area contributed by atoms with Gasteiger partial charge in [-0.25, -0.2) is 4.79 Å². The number of hydrogen-bond donors (Lipinski definition) is 2. The average molecular weight is 243 g/mol. The average Bonchev–Trinajstić information content (AvgIpc) is 2.30. The lowest BCUT2D eigenvalue weighted by atomic mass is 9.94. The van der Waals surface area contributed by atoms with Gasteiger partial charge in [-0.2, -0.15) is 0 Å². The summed E-state index contributed by atoms with van der Waals surface area (Å²) in [5, 5.41) is 13.2. The van der Waals surface area contributed by atoms with E-state index >= 15 is 0 Å². The van der Waals surface area contributed by atoms with Crippen LogP contribution in [0.1, 0.15) is 19.8 Å². The van der Waals surface area contributed by atoms with Gasteiger partial charge in [-0.05, 0) is 6.92 Å². The molecule has 0 atom stereocenters. The van der Waals surface area contributed by atoms with Gasteiger partial charge in [-0.3, -0.25) is 0 Å². The Morgan fingerprint density at radius 3 is 2.76 bits per heavy atom. The maximum absolute atomic E-state index is 11.3. The third-order valence-electron chi connectivity index (χ3n) is 2.78. The van der Waals surface area contributed by atoms with Crippen LogP contribution in [-0.4, -0.2) is 49.6 Å². The van der Waals surface area contributed by atoms with Crippen molar-refractivity contribution in [3.05, 3.63) is 12.2 Å². The third-order valence-corrected chi connectivity index (χ3v) is 2.78. The van der Waals surface area contributed by atoms with Crippen molar-refractivity contribution in [1.29, 1.82) is 0 Å². The fourth-order valence-electron chi connectivity index (χ4n) is 1.68. The molecule has 5 nitrogen and oxygen atoms in total. The van der Waals surface area contributed by atoms with E-state index in [4.69, 9.17) is 9.47 Å². The Labute approximate surface area is 102 Å². The Bertz CT molecular complexity index is 272. The summed E-state index contributed by atoms with van der Waals surface area (Å²) in [4.78, 5) is 11.3. The summed E-state index contributed by atoms with van der Waals surface area (Å²) < 4.78 is 9.99. The van der Waals surface area contributed by atoms with E-state index in [9.17, 15) is 9.90 Å². The fraction of sp³-hybridized carbons (Fsp3) is 0.750. The largest absolute Gasteiger partial charge is 0.463 e. The number of hydrogen-bond acceptors (Lipinski definition) is 5. The van der Waals surface area contributed by atoms with Gasteiger partial charge in [-0.1, -0.05) is 6.58 Å². The first kappa shape index (κ1) is 14.2. The molecule has 0 saturated carbocycles. The molecule has 0 amide bonds. The van der Waals surface area contributed by atoms with E-state index in [-0.39, 0.29) is 5.97 Å². The lowest BCUT2D eigenvalue weighted by Crippen LogP contribution is -2.45. The molecular weight excluding hydrogens is 222 g/mol. The van der Waals surface area contributed by atoms with Crippen molar-refractivity contribution in [3.63, 3.8) is 0 Å². The molecule has 0 unspecified atom stereocenters. The van der Waals surface area contributed by atoms with Crippen LogP contribution in [0.25, 0.3) is 0 Å². The Balaban J connectivity index is 2.22. The number of carbonyl (C=O) groups excluding carboxylic acids is 1. The van der Waals surface area contributed by atoms with Crippen molar-refractivity contribution >= 4 is 5.97 Å². The predicted octanol–water partition coefficient (Wildman–Crippen LogP) is 0.237. The Kier molecular flexibility index (Phi) is 5.61. The van der Waals surface area contributed by atoms with Gasteiger partial charge < -0.3 is 19.9 Å². The molecule has 1 fully saturated rings.